The minimum atomic E-state index is -0.586. The number of halogens is 1. The number of rotatable bonds is 7. The van der Waals surface area contributed by atoms with Gasteiger partial charge in [-0.1, -0.05) is 11.6 Å². The van der Waals surface area contributed by atoms with Crippen molar-refractivity contribution < 1.29 is 18.7 Å². The highest BCUT2D eigenvalue weighted by atomic mass is 35.5. The van der Waals surface area contributed by atoms with Crippen molar-refractivity contribution in [1.29, 1.82) is 0 Å². The van der Waals surface area contributed by atoms with Gasteiger partial charge in [0, 0.05) is 10.6 Å². The van der Waals surface area contributed by atoms with E-state index >= 15 is 0 Å². The van der Waals surface area contributed by atoms with Gasteiger partial charge in [0.1, 0.15) is 5.76 Å². The van der Waals surface area contributed by atoms with Gasteiger partial charge in [-0.15, -0.1) is 12.6 Å². The van der Waals surface area contributed by atoms with E-state index in [9.17, 15) is 9.59 Å². The summed E-state index contributed by atoms with van der Waals surface area (Å²) in [6.45, 7) is 2.33. The fourth-order valence-electron chi connectivity index (χ4n) is 1.79. The fraction of sp³-hybridized carbons (Fsp3) is 0.200. The fourth-order valence-corrected chi connectivity index (χ4v) is 2.85. The standard InChI is InChI=1S/C15H14ClNO4S2/c1-9(21-8-18)23-15(19)11-5-14(22)12(16)6-13(11)17-7-10-3-2-4-20-10/h2-6,8-9,17,22H,7H2,1H3. The quantitative estimate of drug-likeness (QED) is 0.431. The zero-order valence-electron chi connectivity index (χ0n) is 12.1. The third-order valence-electron chi connectivity index (χ3n) is 2.86. The van der Waals surface area contributed by atoms with E-state index in [-0.39, 0.29) is 5.12 Å². The zero-order valence-corrected chi connectivity index (χ0v) is 14.6. The molecule has 1 atom stereocenters. The first-order chi connectivity index (χ1) is 11.0. The van der Waals surface area contributed by atoms with Crippen molar-refractivity contribution in [3.63, 3.8) is 0 Å². The molecule has 0 amide bonds. The maximum atomic E-state index is 12.4. The molecule has 0 saturated carbocycles. The van der Waals surface area contributed by atoms with Gasteiger partial charge in [-0.05, 0) is 43.0 Å². The van der Waals surface area contributed by atoms with Gasteiger partial charge in [-0.2, -0.15) is 0 Å². The maximum absolute atomic E-state index is 12.4. The number of anilines is 1. The van der Waals surface area contributed by atoms with Gasteiger partial charge < -0.3 is 14.5 Å². The molecule has 0 aliphatic heterocycles. The number of benzene rings is 1. The van der Waals surface area contributed by atoms with Crippen LogP contribution >= 0.6 is 36.0 Å². The summed E-state index contributed by atoms with van der Waals surface area (Å²) in [7, 11) is 0. The predicted molar refractivity (Wildman–Crippen MR) is 93.3 cm³/mol. The molecule has 1 unspecified atom stereocenters. The third-order valence-corrected chi connectivity index (χ3v) is 4.55. The molecule has 0 aliphatic carbocycles. The van der Waals surface area contributed by atoms with Crippen LogP contribution in [0.25, 0.3) is 0 Å². The molecule has 1 aromatic carbocycles. The molecular formula is C15H14ClNO4S2. The Balaban J connectivity index is 2.20. The first-order valence-corrected chi connectivity index (χ1v) is 8.30. The maximum Gasteiger partial charge on any atom is 0.294 e. The summed E-state index contributed by atoms with van der Waals surface area (Å²) in [6.07, 6.45) is 1.57. The van der Waals surface area contributed by atoms with Gasteiger partial charge in [-0.3, -0.25) is 9.59 Å². The zero-order chi connectivity index (χ0) is 16.8. The monoisotopic (exact) mass is 371 g/mol. The highest BCUT2D eigenvalue weighted by Gasteiger charge is 2.18. The molecule has 0 saturated heterocycles. The van der Waals surface area contributed by atoms with Crippen molar-refractivity contribution in [2.24, 2.45) is 0 Å². The number of furan rings is 1. The molecule has 2 rings (SSSR count). The second-order valence-corrected chi connectivity index (χ2v) is 6.65. The van der Waals surface area contributed by atoms with E-state index < -0.39 is 5.44 Å². The minimum Gasteiger partial charge on any atom is -0.467 e. The van der Waals surface area contributed by atoms with Crippen molar-refractivity contribution in [3.8, 4) is 0 Å². The van der Waals surface area contributed by atoms with Crippen LogP contribution in [0.2, 0.25) is 5.02 Å². The molecule has 2 aromatic rings. The van der Waals surface area contributed by atoms with Crippen LogP contribution < -0.4 is 5.32 Å². The molecule has 0 aliphatic rings. The molecule has 5 nitrogen and oxygen atoms in total. The summed E-state index contributed by atoms with van der Waals surface area (Å²) < 4.78 is 9.97. The third kappa shape index (κ3) is 4.95. The molecule has 0 radical (unpaired) electrons. The normalized spacial score (nSPS) is 11.8. The lowest BCUT2D eigenvalue weighted by Crippen LogP contribution is -2.09. The number of nitrogens with one attached hydrogen (secondary N) is 1. The molecule has 1 aromatic heterocycles. The number of hydrogen-bond donors (Lipinski definition) is 2. The Morgan fingerprint density at radius 3 is 3.00 bits per heavy atom. The van der Waals surface area contributed by atoms with Gasteiger partial charge in [0.05, 0.1) is 23.4 Å². The Hall–Kier alpha value is -1.57. The number of thioether (sulfide) groups is 1. The number of carbonyl (C=O) groups excluding carboxylic acids is 2. The van der Waals surface area contributed by atoms with Crippen molar-refractivity contribution in [1.82, 2.24) is 0 Å². The first-order valence-electron chi connectivity index (χ1n) is 6.60. The van der Waals surface area contributed by atoms with Crippen molar-refractivity contribution in [2.75, 3.05) is 5.32 Å². The lowest BCUT2D eigenvalue weighted by molar-refractivity contribution is -0.129. The van der Waals surface area contributed by atoms with Crippen molar-refractivity contribution in [2.45, 2.75) is 23.8 Å². The van der Waals surface area contributed by atoms with E-state index in [0.29, 0.717) is 34.2 Å². The number of thiol groups is 1. The molecular weight excluding hydrogens is 358 g/mol. The molecule has 122 valence electrons. The molecule has 1 heterocycles. The van der Waals surface area contributed by atoms with Crippen molar-refractivity contribution >= 4 is 53.3 Å². The second kappa shape index (κ2) is 8.33. The Kier molecular flexibility index (Phi) is 6.44. The summed E-state index contributed by atoms with van der Waals surface area (Å²) in [4.78, 5) is 23.2. The van der Waals surface area contributed by atoms with E-state index in [1.54, 1.807) is 31.4 Å². The molecule has 23 heavy (non-hydrogen) atoms. The molecule has 0 fully saturated rings. The summed E-state index contributed by atoms with van der Waals surface area (Å²) in [5, 5.41) is 3.28. The van der Waals surface area contributed by atoms with Crippen LogP contribution in [0.15, 0.2) is 39.8 Å². The van der Waals surface area contributed by atoms with Gasteiger partial charge in [0.2, 0.25) is 5.12 Å². The largest absolute Gasteiger partial charge is 0.467 e. The lowest BCUT2D eigenvalue weighted by Gasteiger charge is -2.14. The summed E-state index contributed by atoms with van der Waals surface area (Å²) in [6, 6.07) is 6.81. The van der Waals surface area contributed by atoms with Gasteiger partial charge in [0.25, 0.3) is 6.47 Å². The van der Waals surface area contributed by atoms with Crippen LogP contribution in [0.4, 0.5) is 5.69 Å². The van der Waals surface area contributed by atoms with Crippen LogP contribution in [0.3, 0.4) is 0 Å². The average Bonchev–Trinajstić information content (AvgIpc) is 3.01. The SMILES string of the molecule is CC(OC=O)SC(=O)c1cc(S)c(Cl)cc1NCc1ccco1. The van der Waals surface area contributed by atoms with Crippen LogP contribution in [-0.4, -0.2) is 17.0 Å². The highest BCUT2D eigenvalue weighted by molar-refractivity contribution is 8.14. The topological polar surface area (TPSA) is 68.5 Å². The van der Waals surface area contributed by atoms with E-state index in [1.807, 2.05) is 6.07 Å². The number of carbonyl (C=O) groups is 2. The molecule has 8 heteroatoms. The molecule has 1 N–H and O–H groups in total. The predicted octanol–water partition coefficient (Wildman–Crippen LogP) is 4.23. The Bertz CT molecular complexity index is 691. The summed E-state index contributed by atoms with van der Waals surface area (Å²) >= 11 is 11.2. The summed E-state index contributed by atoms with van der Waals surface area (Å²) in [5.41, 5.74) is 0.370. The van der Waals surface area contributed by atoms with Crippen LogP contribution in [0, 0.1) is 0 Å². The van der Waals surface area contributed by atoms with Crippen LogP contribution in [0.5, 0.6) is 0 Å². The van der Waals surface area contributed by atoms with Crippen molar-refractivity contribution in [3.05, 3.63) is 46.9 Å². The summed E-state index contributed by atoms with van der Waals surface area (Å²) in [5.74, 6) is 0.722. The average molecular weight is 372 g/mol. The molecule has 0 bridgehead atoms. The first kappa shape index (κ1) is 17.8. The number of ether oxygens (including phenoxy) is 1. The Labute approximate surface area is 148 Å². The van der Waals surface area contributed by atoms with Gasteiger partial charge >= 0.3 is 0 Å². The van der Waals surface area contributed by atoms with E-state index in [2.05, 4.69) is 17.9 Å². The Morgan fingerprint density at radius 2 is 2.35 bits per heavy atom. The van der Waals surface area contributed by atoms with E-state index in [1.165, 1.54) is 0 Å². The number of hydrogen-bond acceptors (Lipinski definition) is 7. The van der Waals surface area contributed by atoms with Crippen LogP contribution in [0.1, 0.15) is 23.0 Å². The van der Waals surface area contributed by atoms with Gasteiger partial charge in [-0.25, -0.2) is 0 Å². The molecule has 0 spiro atoms. The van der Waals surface area contributed by atoms with E-state index in [4.69, 9.17) is 20.8 Å². The minimum absolute atomic E-state index is 0.256. The smallest absolute Gasteiger partial charge is 0.294 e. The van der Waals surface area contributed by atoms with E-state index in [0.717, 1.165) is 17.5 Å². The van der Waals surface area contributed by atoms with Crippen LogP contribution in [-0.2, 0) is 16.1 Å². The van der Waals surface area contributed by atoms with Gasteiger partial charge in [0.15, 0.2) is 5.44 Å². The lowest BCUT2D eigenvalue weighted by atomic mass is 10.2. The highest BCUT2D eigenvalue weighted by Crippen LogP contribution is 2.31. The Morgan fingerprint density at radius 1 is 1.57 bits per heavy atom. The second-order valence-electron chi connectivity index (χ2n) is 4.49.